The van der Waals surface area contributed by atoms with Crippen molar-refractivity contribution in [3.8, 4) is 0 Å². The van der Waals surface area contributed by atoms with Gasteiger partial charge in [0.1, 0.15) is 4.90 Å². The molecule has 1 fully saturated rings. The summed E-state index contributed by atoms with van der Waals surface area (Å²) in [4.78, 5) is 27.6. The molecule has 0 aromatic heterocycles. The van der Waals surface area contributed by atoms with E-state index in [0.29, 0.717) is 43.0 Å². The molecule has 2 aliphatic heterocycles. The first-order chi connectivity index (χ1) is 14.3. The summed E-state index contributed by atoms with van der Waals surface area (Å²) >= 11 is 0. The number of primary sulfonamides is 1. The fraction of sp³-hybridized carbons (Fsp3) is 0.238. The number of sulfonamides is 1. The van der Waals surface area contributed by atoms with Crippen molar-refractivity contribution in [2.75, 3.05) is 31.1 Å². The van der Waals surface area contributed by atoms with Gasteiger partial charge in [0.05, 0.1) is 11.7 Å². The van der Waals surface area contributed by atoms with Gasteiger partial charge >= 0.3 is 0 Å². The Morgan fingerprint density at radius 1 is 1.13 bits per heavy atom. The number of nitrogens with one attached hydrogen (secondary N) is 1. The van der Waals surface area contributed by atoms with E-state index in [1.807, 2.05) is 17.0 Å². The van der Waals surface area contributed by atoms with E-state index in [2.05, 4.69) is 11.9 Å². The van der Waals surface area contributed by atoms with Gasteiger partial charge in [0, 0.05) is 31.7 Å². The maximum Gasteiger partial charge on any atom is 0.252 e. The maximum atomic E-state index is 12.4. The molecule has 1 atom stereocenters. The number of benzene rings is 2. The molecule has 2 heterocycles. The molecule has 2 aromatic rings. The van der Waals surface area contributed by atoms with E-state index in [9.17, 15) is 18.0 Å². The molecule has 0 aliphatic carbocycles. The van der Waals surface area contributed by atoms with Crippen LogP contribution in [0.25, 0.3) is 0 Å². The standard InChI is InChI=1S/C21H22N4O4S/c1-2-19(26)25-11-9-24(10-12-25)17-8-7-14(13-18(17)30(22,28)29)20-15-5-3-4-6-16(15)21(27)23-20/h2-8,13,20H,1,9-12H2,(H,23,27)(H2,22,28,29). The van der Waals surface area contributed by atoms with E-state index in [-0.39, 0.29) is 16.7 Å². The molecule has 4 rings (SSSR count). The smallest absolute Gasteiger partial charge is 0.252 e. The zero-order valence-corrected chi connectivity index (χ0v) is 17.1. The first-order valence-electron chi connectivity index (χ1n) is 9.52. The number of nitrogens with two attached hydrogens (primary N) is 1. The van der Waals surface area contributed by atoms with Gasteiger partial charge in [-0.3, -0.25) is 9.59 Å². The van der Waals surface area contributed by atoms with Gasteiger partial charge < -0.3 is 15.1 Å². The summed E-state index contributed by atoms with van der Waals surface area (Å²) in [5, 5.41) is 8.43. The van der Waals surface area contributed by atoms with Crippen LogP contribution in [0.1, 0.15) is 27.5 Å². The number of hydrogen-bond acceptors (Lipinski definition) is 5. The van der Waals surface area contributed by atoms with Gasteiger partial charge in [0.25, 0.3) is 5.91 Å². The minimum Gasteiger partial charge on any atom is -0.367 e. The highest BCUT2D eigenvalue weighted by atomic mass is 32.2. The molecule has 2 aliphatic rings. The van der Waals surface area contributed by atoms with Crippen molar-refractivity contribution in [3.05, 3.63) is 71.8 Å². The molecular weight excluding hydrogens is 404 g/mol. The number of piperazine rings is 1. The van der Waals surface area contributed by atoms with Gasteiger partial charge in [0.2, 0.25) is 15.9 Å². The van der Waals surface area contributed by atoms with Crippen LogP contribution in [0.3, 0.4) is 0 Å². The minimum atomic E-state index is -4.01. The van der Waals surface area contributed by atoms with Crippen LogP contribution in [0.2, 0.25) is 0 Å². The molecule has 0 radical (unpaired) electrons. The van der Waals surface area contributed by atoms with Crippen LogP contribution in [0, 0.1) is 0 Å². The Morgan fingerprint density at radius 2 is 1.83 bits per heavy atom. The molecule has 1 saturated heterocycles. The summed E-state index contributed by atoms with van der Waals surface area (Å²) < 4.78 is 24.8. The molecule has 0 saturated carbocycles. The predicted molar refractivity (Wildman–Crippen MR) is 113 cm³/mol. The molecule has 3 N–H and O–H groups in total. The molecular formula is C21H22N4O4S. The average molecular weight is 426 g/mol. The van der Waals surface area contributed by atoms with Crippen molar-refractivity contribution in [1.82, 2.24) is 10.2 Å². The Balaban J connectivity index is 1.68. The number of hydrogen-bond donors (Lipinski definition) is 2. The summed E-state index contributed by atoms with van der Waals surface area (Å²) in [6.07, 6.45) is 1.27. The number of carbonyl (C=O) groups is 2. The normalized spacial score (nSPS) is 18.7. The number of fused-ring (bicyclic) bond motifs is 1. The second-order valence-corrected chi connectivity index (χ2v) is 8.81. The molecule has 2 amide bonds. The number of carbonyl (C=O) groups excluding carboxylic acids is 2. The lowest BCUT2D eigenvalue weighted by Crippen LogP contribution is -2.48. The van der Waals surface area contributed by atoms with Crippen molar-refractivity contribution in [2.45, 2.75) is 10.9 Å². The van der Waals surface area contributed by atoms with E-state index < -0.39 is 16.1 Å². The third kappa shape index (κ3) is 3.57. The predicted octanol–water partition coefficient (Wildman–Crippen LogP) is 1.00. The lowest BCUT2D eigenvalue weighted by atomic mass is 9.98. The summed E-state index contributed by atoms with van der Waals surface area (Å²) in [7, 11) is -4.01. The zero-order valence-electron chi connectivity index (χ0n) is 16.2. The molecule has 1 unspecified atom stereocenters. The van der Waals surface area contributed by atoms with Crippen LogP contribution in [-0.2, 0) is 14.8 Å². The molecule has 8 nitrogen and oxygen atoms in total. The summed E-state index contributed by atoms with van der Waals surface area (Å²) in [6.45, 7) is 5.37. The second-order valence-electron chi connectivity index (χ2n) is 7.28. The van der Waals surface area contributed by atoms with Gasteiger partial charge in [0.15, 0.2) is 0 Å². The Hall–Kier alpha value is -3.17. The summed E-state index contributed by atoms with van der Waals surface area (Å²) in [5.74, 6) is -0.341. The first-order valence-corrected chi connectivity index (χ1v) is 11.1. The third-order valence-electron chi connectivity index (χ3n) is 5.52. The Kier molecular flexibility index (Phi) is 5.08. The van der Waals surface area contributed by atoms with E-state index in [1.54, 1.807) is 29.2 Å². The van der Waals surface area contributed by atoms with Crippen LogP contribution in [-0.4, -0.2) is 51.3 Å². The maximum absolute atomic E-state index is 12.4. The van der Waals surface area contributed by atoms with Crippen LogP contribution >= 0.6 is 0 Å². The van der Waals surface area contributed by atoms with Gasteiger partial charge in [-0.1, -0.05) is 30.8 Å². The highest BCUT2D eigenvalue weighted by Crippen LogP contribution is 2.34. The molecule has 9 heteroatoms. The zero-order chi connectivity index (χ0) is 21.5. The number of rotatable bonds is 4. The Morgan fingerprint density at radius 3 is 2.50 bits per heavy atom. The third-order valence-corrected chi connectivity index (χ3v) is 6.46. The molecule has 0 spiro atoms. The average Bonchev–Trinajstić information content (AvgIpc) is 3.09. The van der Waals surface area contributed by atoms with Crippen LogP contribution in [0.15, 0.2) is 60.0 Å². The van der Waals surface area contributed by atoms with E-state index in [1.165, 1.54) is 12.1 Å². The van der Waals surface area contributed by atoms with E-state index in [0.717, 1.165) is 5.56 Å². The number of nitrogens with zero attached hydrogens (tertiary/aromatic N) is 2. The topological polar surface area (TPSA) is 113 Å². The SMILES string of the molecule is C=CC(=O)N1CCN(c2ccc(C3NC(=O)c4ccccc43)cc2S(N)(=O)=O)CC1. The van der Waals surface area contributed by atoms with Crippen LogP contribution in [0.5, 0.6) is 0 Å². The lowest BCUT2D eigenvalue weighted by Gasteiger charge is -2.36. The number of anilines is 1. The van der Waals surface area contributed by atoms with Crippen molar-refractivity contribution >= 4 is 27.5 Å². The number of amides is 2. The molecule has 0 bridgehead atoms. The molecule has 156 valence electrons. The summed E-state index contributed by atoms with van der Waals surface area (Å²) in [5.41, 5.74) is 2.50. The van der Waals surface area contributed by atoms with Crippen molar-refractivity contribution < 1.29 is 18.0 Å². The first kappa shape index (κ1) is 20.1. The van der Waals surface area contributed by atoms with Crippen LogP contribution < -0.4 is 15.4 Å². The lowest BCUT2D eigenvalue weighted by molar-refractivity contribution is -0.126. The van der Waals surface area contributed by atoms with Crippen molar-refractivity contribution in [1.29, 1.82) is 0 Å². The van der Waals surface area contributed by atoms with E-state index >= 15 is 0 Å². The van der Waals surface area contributed by atoms with Gasteiger partial charge in [-0.25, -0.2) is 13.6 Å². The molecule has 30 heavy (non-hydrogen) atoms. The van der Waals surface area contributed by atoms with Gasteiger partial charge in [-0.2, -0.15) is 0 Å². The quantitative estimate of drug-likeness (QED) is 0.709. The Bertz CT molecular complexity index is 1140. The highest BCUT2D eigenvalue weighted by Gasteiger charge is 2.31. The minimum absolute atomic E-state index is 0.00197. The largest absolute Gasteiger partial charge is 0.367 e. The monoisotopic (exact) mass is 426 g/mol. The fourth-order valence-electron chi connectivity index (χ4n) is 4.00. The fourth-order valence-corrected chi connectivity index (χ4v) is 4.79. The van der Waals surface area contributed by atoms with Crippen molar-refractivity contribution in [3.63, 3.8) is 0 Å². The van der Waals surface area contributed by atoms with E-state index in [4.69, 9.17) is 5.14 Å². The summed E-state index contributed by atoms with van der Waals surface area (Å²) in [6, 6.07) is 11.8. The molecule has 2 aromatic carbocycles. The van der Waals surface area contributed by atoms with Crippen LogP contribution in [0.4, 0.5) is 5.69 Å². The highest BCUT2D eigenvalue weighted by molar-refractivity contribution is 7.89. The Labute approximate surface area is 175 Å². The van der Waals surface area contributed by atoms with Gasteiger partial charge in [-0.15, -0.1) is 0 Å². The second kappa shape index (κ2) is 7.58. The van der Waals surface area contributed by atoms with Crippen molar-refractivity contribution in [2.24, 2.45) is 5.14 Å². The van der Waals surface area contributed by atoms with Gasteiger partial charge in [-0.05, 0) is 35.4 Å².